The monoisotopic (exact) mass is 158 g/mol. The Balaban J connectivity index is 2.56. The average Bonchev–Trinajstić information content (AvgIpc) is 2.44. The van der Waals surface area contributed by atoms with E-state index in [4.69, 9.17) is 5.26 Å². The number of aromatic nitrogens is 1. The SMILES string of the molecule is Cc1cc2c([nH]1)CCC=C2C#N. The molecule has 0 radical (unpaired) electrons. The summed E-state index contributed by atoms with van der Waals surface area (Å²) in [5.74, 6) is 0. The molecule has 60 valence electrons. The molecule has 0 bridgehead atoms. The van der Waals surface area contributed by atoms with E-state index in [1.807, 2.05) is 19.1 Å². The predicted octanol–water partition coefficient (Wildman–Crippen LogP) is 2.18. The molecule has 0 aliphatic heterocycles. The second-order valence-corrected chi connectivity index (χ2v) is 3.11. The van der Waals surface area contributed by atoms with Crippen molar-refractivity contribution < 1.29 is 0 Å². The summed E-state index contributed by atoms with van der Waals surface area (Å²) in [5, 5.41) is 8.81. The number of rotatable bonds is 0. The van der Waals surface area contributed by atoms with Crippen LogP contribution in [0.2, 0.25) is 0 Å². The lowest BCUT2D eigenvalue weighted by atomic mass is 9.98. The largest absolute Gasteiger partial charge is 0.362 e. The molecule has 1 aliphatic carbocycles. The lowest BCUT2D eigenvalue weighted by molar-refractivity contribution is 0.934. The van der Waals surface area contributed by atoms with Crippen LogP contribution >= 0.6 is 0 Å². The molecule has 1 N–H and O–H groups in total. The highest BCUT2D eigenvalue weighted by molar-refractivity contribution is 5.79. The summed E-state index contributed by atoms with van der Waals surface area (Å²) >= 11 is 0. The van der Waals surface area contributed by atoms with E-state index in [-0.39, 0.29) is 0 Å². The first-order valence-electron chi connectivity index (χ1n) is 4.10. The van der Waals surface area contributed by atoms with Gasteiger partial charge in [0.2, 0.25) is 0 Å². The van der Waals surface area contributed by atoms with Crippen molar-refractivity contribution in [1.29, 1.82) is 5.26 Å². The minimum Gasteiger partial charge on any atom is -0.362 e. The van der Waals surface area contributed by atoms with Gasteiger partial charge >= 0.3 is 0 Å². The first-order valence-corrected chi connectivity index (χ1v) is 4.10. The summed E-state index contributed by atoms with van der Waals surface area (Å²) in [6.45, 7) is 2.02. The van der Waals surface area contributed by atoms with Gasteiger partial charge in [0.15, 0.2) is 0 Å². The molecule has 1 aromatic heterocycles. The molecule has 0 spiro atoms. The number of aryl methyl sites for hydroxylation is 2. The predicted molar refractivity (Wildman–Crippen MR) is 47.4 cm³/mol. The van der Waals surface area contributed by atoms with Crippen molar-refractivity contribution >= 4 is 5.57 Å². The Hall–Kier alpha value is -1.49. The van der Waals surface area contributed by atoms with Gasteiger partial charge < -0.3 is 4.98 Å². The van der Waals surface area contributed by atoms with Crippen molar-refractivity contribution in [3.8, 4) is 6.07 Å². The second kappa shape index (κ2) is 2.53. The first kappa shape index (κ1) is 7.17. The number of nitrogens with zero attached hydrogens (tertiary/aromatic N) is 1. The normalized spacial score (nSPS) is 14.8. The maximum atomic E-state index is 8.81. The highest BCUT2D eigenvalue weighted by Crippen LogP contribution is 2.25. The van der Waals surface area contributed by atoms with E-state index in [0.717, 1.165) is 29.7 Å². The van der Waals surface area contributed by atoms with Crippen LogP contribution in [0.5, 0.6) is 0 Å². The van der Waals surface area contributed by atoms with E-state index in [9.17, 15) is 0 Å². The zero-order chi connectivity index (χ0) is 8.55. The number of H-pyrrole nitrogens is 1. The van der Waals surface area contributed by atoms with Crippen LogP contribution in [0.25, 0.3) is 5.57 Å². The molecule has 0 unspecified atom stereocenters. The van der Waals surface area contributed by atoms with Gasteiger partial charge in [-0.3, -0.25) is 0 Å². The molecule has 0 atom stereocenters. The molecule has 2 rings (SSSR count). The van der Waals surface area contributed by atoms with Crippen molar-refractivity contribution in [3.05, 3.63) is 29.1 Å². The Labute approximate surface area is 71.5 Å². The quantitative estimate of drug-likeness (QED) is 0.617. The maximum Gasteiger partial charge on any atom is 0.0995 e. The van der Waals surface area contributed by atoms with Crippen LogP contribution < -0.4 is 0 Å². The van der Waals surface area contributed by atoms with Crippen molar-refractivity contribution in [3.63, 3.8) is 0 Å². The third-order valence-electron chi connectivity index (χ3n) is 2.19. The van der Waals surface area contributed by atoms with E-state index in [1.54, 1.807) is 0 Å². The van der Waals surface area contributed by atoms with E-state index < -0.39 is 0 Å². The maximum absolute atomic E-state index is 8.81. The third kappa shape index (κ3) is 0.947. The van der Waals surface area contributed by atoms with Gasteiger partial charge in [-0.15, -0.1) is 0 Å². The molecule has 1 aliphatic rings. The van der Waals surface area contributed by atoms with E-state index in [1.165, 1.54) is 5.69 Å². The fourth-order valence-electron chi connectivity index (χ4n) is 1.66. The topological polar surface area (TPSA) is 39.6 Å². The van der Waals surface area contributed by atoms with Crippen LogP contribution in [0, 0.1) is 18.3 Å². The molecule has 1 aromatic rings. The van der Waals surface area contributed by atoms with Crippen LogP contribution in [0.3, 0.4) is 0 Å². The van der Waals surface area contributed by atoms with Gasteiger partial charge in [0, 0.05) is 17.0 Å². The number of allylic oxidation sites excluding steroid dienone is 2. The average molecular weight is 158 g/mol. The van der Waals surface area contributed by atoms with Gasteiger partial charge in [0.05, 0.1) is 11.6 Å². The Kier molecular flexibility index (Phi) is 1.51. The van der Waals surface area contributed by atoms with Crippen molar-refractivity contribution in [2.24, 2.45) is 0 Å². The fraction of sp³-hybridized carbons (Fsp3) is 0.300. The Morgan fingerprint density at radius 3 is 3.17 bits per heavy atom. The van der Waals surface area contributed by atoms with Crippen molar-refractivity contribution in [1.82, 2.24) is 4.98 Å². The second-order valence-electron chi connectivity index (χ2n) is 3.11. The molecule has 0 fully saturated rings. The standard InChI is InChI=1S/C10H10N2/c1-7-5-9-8(6-11)3-2-4-10(9)12-7/h3,5,12H,2,4H2,1H3. The van der Waals surface area contributed by atoms with Gasteiger partial charge in [0.1, 0.15) is 0 Å². The Morgan fingerprint density at radius 1 is 1.58 bits per heavy atom. The first-order chi connectivity index (χ1) is 5.81. The van der Waals surface area contributed by atoms with Gasteiger partial charge in [-0.25, -0.2) is 0 Å². The van der Waals surface area contributed by atoms with E-state index >= 15 is 0 Å². The third-order valence-corrected chi connectivity index (χ3v) is 2.19. The minimum absolute atomic E-state index is 0.820. The summed E-state index contributed by atoms with van der Waals surface area (Å²) in [6, 6.07) is 4.26. The number of nitriles is 1. The number of fused-ring (bicyclic) bond motifs is 1. The highest BCUT2D eigenvalue weighted by Gasteiger charge is 2.13. The lowest BCUT2D eigenvalue weighted by Crippen LogP contribution is -1.95. The van der Waals surface area contributed by atoms with Crippen molar-refractivity contribution in [2.75, 3.05) is 0 Å². The minimum atomic E-state index is 0.820. The van der Waals surface area contributed by atoms with E-state index in [0.29, 0.717) is 0 Å². The molecule has 1 heterocycles. The zero-order valence-corrected chi connectivity index (χ0v) is 7.02. The van der Waals surface area contributed by atoms with Gasteiger partial charge in [-0.05, 0) is 25.8 Å². The zero-order valence-electron chi connectivity index (χ0n) is 7.02. The Morgan fingerprint density at radius 2 is 2.42 bits per heavy atom. The summed E-state index contributed by atoms with van der Waals surface area (Å²) in [7, 11) is 0. The van der Waals surface area contributed by atoms with Crippen LogP contribution in [0.15, 0.2) is 12.1 Å². The highest BCUT2D eigenvalue weighted by atomic mass is 14.7. The summed E-state index contributed by atoms with van der Waals surface area (Å²) in [5.41, 5.74) is 4.27. The van der Waals surface area contributed by atoms with Crippen molar-refractivity contribution in [2.45, 2.75) is 19.8 Å². The molecular formula is C10H10N2. The van der Waals surface area contributed by atoms with Crippen LogP contribution in [0.1, 0.15) is 23.4 Å². The molecule has 0 amide bonds. The number of hydrogen-bond acceptors (Lipinski definition) is 1. The van der Waals surface area contributed by atoms with Crippen LogP contribution in [-0.4, -0.2) is 4.98 Å². The van der Waals surface area contributed by atoms with Gasteiger partial charge in [-0.1, -0.05) is 6.08 Å². The van der Waals surface area contributed by atoms with Gasteiger partial charge in [-0.2, -0.15) is 5.26 Å². The number of aromatic amines is 1. The van der Waals surface area contributed by atoms with Crippen LogP contribution in [0.4, 0.5) is 0 Å². The smallest absolute Gasteiger partial charge is 0.0995 e. The molecular weight excluding hydrogens is 148 g/mol. The number of nitrogens with one attached hydrogen (secondary N) is 1. The molecule has 2 heteroatoms. The summed E-state index contributed by atoms with van der Waals surface area (Å²) in [6.07, 6.45) is 4.03. The molecule has 0 saturated heterocycles. The summed E-state index contributed by atoms with van der Waals surface area (Å²) < 4.78 is 0. The number of hydrogen-bond donors (Lipinski definition) is 1. The lowest BCUT2D eigenvalue weighted by Gasteiger charge is -2.06. The summed E-state index contributed by atoms with van der Waals surface area (Å²) in [4.78, 5) is 3.27. The molecule has 12 heavy (non-hydrogen) atoms. The van der Waals surface area contributed by atoms with Gasteiger partial charge in [0.25, 0.3) is 0 Å². The Bertz CT molecular complexity index is 377. The van der Waals surface area contributed by atoms with Crippen LogP contribution in [-0.2, 0) is 6.42 Å². The molecule has 2 nitrogen and oxygen atoms in total. The fourth-order valence-corrected chi connectivity index (χ4v) is 1.66. The van der Waals surface area contributed by atoms with E-state index in [2.05, 4.69) is 11.1 Å². The molecule has 0 aromatic carbocycles. The molecule has 0 saturated carbocycles.